The van der Waals surface area contributed by atoms with Crippen LogP contribution in [0.2, 0.25) is 0 Å². The zero-order valence-corrected chi connectivity index (χ0v) is 12.5. The number of ether oxygens (including phenoxy) is 1. The van der Waals surface area contributed by atoms with Crippen LogP contribution in [0.5, 0.6) is 0 Å². The van der Waals surface area contributed by atoms with Gasteiger partial charge in [0.2, 0.25) is 0 Å². The number of aromatic amines is 1. The molecule has 0 bridgehead atoms. The van der Waals surface area contributed by atoms with Gasteiger partial charge in [-0.1, -0.05) is 6.07 Å². The van der Waals surface area contributed by atoms with Gasteiger partial charge in [0.05, 0.1) is 17.7 Å². The number of methoxy groups -OCH3 is 1. The van der Waals surface area contributed by atoms with Crippen LogP contribution in [0.4, 0.5) is 0 Å². The third kappa shape index (κ3) is 2.34. The number of nitrogens with one attached hydrogen (secondary N) is 1. The van der Waals surface area contributed by atoms with E-state index in [2.05, 4.69) is 41.3 Å². The lowest BCUT2D eigenvalue weighted by molar-refractivity contribution is 0.303. The standard InChI is InChI=1S/C16H16N2OS/c1-10-7-11(2)17-12(10)8-13-15(19-3)9-14(18-13)16-5-4-6-20-16/h4-9,17H,1-3H3/b13-8+. The fourth-order valence-corrected chi connectivity index (χ4v) is 2.96. The maximum absolute atomic E-state index is 5.44. The lowest BCUT2D eigenvalue weighted by atomic mass is 10.2. The van der Waals surface area contributed by atoms with Crippen molar-refractivity contribution in [2.24, 2.45) is 4.99 Å². The molecule has 3 nitrogen and oxygen atoms in total. The Kier molecular flexibility index (Phi) is 3.32. The number of H-pyrrole nitrogens is 1. The molecule has 1 N–H and O–H groups in total. The Morgan fingerprint density at radius 1 is 1.35 bits per heavy atom. The zero-order valence-electron chi connectivity index (χ0n) is 11.7. The number of aromatic nitrogens is 1. The highest BCUT2D eigenvalue weighted by atomic mass is 32.1. The van der Waals surface area contributed by atoms with Gasteiger partial charge in [0.1, 0.15) is 11.5 Å². The molecule has 1 aliphatic rings. The highest BCUT2D eigenvalue weighted by molar-refractivity contribution is 7.12. The second kappa shape index (κ2) is 5.13. The number of allylic oxidation sites excluding steroid dienone is 1. The van der Waals surface area contributed by atoms with Crippen LogP contribution in [-0.2, 0) is 4.74 Å². The molecule has 0 saturated carbocycles. The van der Waals surface area contributed by atoms with Crippen molar-refractivity contribution in [3.8, 4) is 0 Å². The summed E-state index contributed by atoms with van der Waals surface area (Å²) in [5.41, 5.74) is 5.27. The molecule has 0 atom stereocenters. The second-order valence-electron chi connectivity index (χ2n) is 4.77. The molecule has 0 radical (unpaired) electrons. The average Bonchev–Trinajstić information content (AvgIpc) is 3.11. The van der Waals surface area contributed by atoms with E-state index in [9.17, 15) is 0 Å². The highest BCUT2D eigenvalue weighted by Gasteiger charge is 2.17. The Morgan fingerprint density at radius 2 is 2.20 bits per heavy atom. The predicted octanol–water partition coefficient (Wildman–Crippen LogP) is 4.07. The van der Waals surface area contributed by atoms with E-state index in [1.54, 1.807) is 18.4 Å². The molecule has 0 spiro atoms. The number of hydrogen-bond acceptors (Lipinski definition) is 3. The van der Waals surface area contributed by atoms with Crippen molar-refractivity contribution in [1.29, 1.82) is 0 Å². The largest absolute Gasteiger partial charge is 0.494 e. The first-order valence-corrected chi connectivity index (χ1v) is 7.32. The Hall–Kier alpha value is -2.07. The van der Waals surface area contributed by atoms with Crippen molar-refractivity contribution in [2.75, 3.05) is 7.11 Å². The maximum Gasteiger partial charge on any atom is 0.146 e. The van der Waals surface area contributed by atoms with E-state index in [0.29, 0.717) is 0 Å². The average molecular weight is 284 g/mol. The molecule has 0 fully saturated rings. The molecule has 20 heavy (non-hydrogen) atoms. The topological polar surface area (TPSA) is 37.4 Å². The first-order valence-electron chi connectivity index (χ1n) is 6.44. The number of hydrogen-bond donors (Lipinski definition) is 1. The van der Waals surface area contributed by atoms with Gasteiger partial charge in [-0.3, -0.25) is 0 Å². The van der Waals surface area contributed by atoms with Crippen LogP contribution in [0, 0.1) is 13.8 Å². The van der Waals surface area contributed by atoms with Crippen molar-refractivity contribution in [3.63, 3.8) is 0 Å². The molecule has 4 heteroatoms. The first kappa shape index (κ1) is 12.9. The molecule has 0 aromatic carbocycles. The second-order valence-corrected chi connectivity index (χ2v) is 5.71. The minimum absolute atomic E-state index is 0.806. The zero-order chi connectivity index (χ0) is 14.1. The summed E-state index contributed by atoms with van der Waals surface area (Å²) < 4.78 is 5.44. The predicted molar refractivity (Wildman–Crippen MR) is 84.2 cm³/mol. The summed E-state index contributed by atoms with van der Waals surface area (Å²) in [4.78, 5) is 9.17. The summed E-state index contributed by atoms with van der Waals surface area (Å²) in [5, 5.41) is 2.05. The van der Waals surface area contributed by atoms with Gasteiger partial charge in [0.25, 0.3) is 0 Å². The van der Waals surface area contributed by atoms with Crippen molar-refractivity contribution in [1.82, 2.24) is 4.98 Å². The van der Waals surface area contributed by atoms with E-state index in [1.165, 1.54) is 5.56 Å². The van der Waals surface area contributed by atoms with Crippen LogP contribution < -0.4 is 0 Å². The van der Waals surface area contributed by atoms with E-state index in [0.717, 1.165) is 33.4 Å². The Balaban J connectivity index is 2.01. The number of aliphatic imine (C=N–C) groups is 1. The lowest BCUT2D eigenvalue weighted by Gasteiger charge is -2.01. The minimum atomic E-state index is 0.806. The molecule has 3 rings (SSSR count). The van der Waals surface area contributed by atoms with E-state index in [1.807, 2.05) is 18.2 Å². The molecule has 1 aliphatic heterocycles. The van der Waals surface area contributed by atoms with Gasteiger partial charge in [-0.2, -0.15) is 0 Å². The Labute approximate surface area is 122 Å². The molecule has 2 aromatic heterocycles. The smallest absolute Gasteiger partial charge is 0.146 e. The number of rotatable bonds is 3. The van der Waals surface area contributed by atoms with Crippen LogP contribution in [0.15, 0.2) is 46.1 Å². The van der Waals surface area contributed by atoms with Crippen molar-refractivity contribution in [2.45, 2.75) is 13.8 Å². The number of nitrogens with zero attached hydrogens (tertiary/aromatic N) is 1. The van der Waals surface area contributed by atoms with E-state index >= 15 is 0 Å². The van der Waals surface area contributed by atoms with Crippen molar-refractivity contribution < 1.29 is 4.74 Å². The SMILES string of the molecule is COC1=CC(c2cccs2)=N/C1=C/c1[nH]c(C)cc1C. The summed E-state index contributed by atoms with van der Waals surface area (Å²) in [7, 11) is 1.68. The summed E-state index contributed by atoms with van der Waals surface area (Å²) in [6.07, 6.45) is 4.03. The van der Waals surface area contributed by atoms with Crippen LogP contribution in [0.25, 0.3) is 6.08 Å². The van der Waals surface area contributed by atoms with E-state index in [-0.39, 0.29) is 0 Å². The number of aryl methyl sites for hydroxylation is 2. The van der Waals surface area contributed by atoms with E-state index in [4.69, 9.17) is 4.74 Å². The highest BCUT2D eigenvalue weighted by Crippen LogP contribution is 2.27. The molecule has 0 aliphatic carbocycles. The molecule has 2 aromatic rings. The fourth-order valence-electron chi connectivity index (χ4n) is 2.27. The first-order chi connectivity index (χ1) is 9.67. The Bertz CT molecular complexity index is 718. The summed E-state index contributed by atoms with van der Waals surface area (Å²) in [6.45, 7) is 4.14. The third-order valence-electron chi connectivity index (χ3n) is 3.23. The van der Waals surface area contributed by atoms with Crippen LogP contribution in [0.1, 0.15) is 21.8 Å². The molecular formula is C16H16N2OS. The van der Waals surface area contributed by atoms with Gasteiger partial charge in [-0.25, -0.2) is 4.99 Å². The van der Waals surface area contributed by atoms with Gasteiger partial charge in [0.15, 0.2) is 0 Å². The molecular weight excluding hydrogens is 268 g/mol. The van der Waals surface area contributed by atoms with Crippen LogP contribution >= 0.6 is 11.3 Å². The van der Waals surface area contributed by atoms with E-state index < -0.39 is 0 Å². The number of thiophene rings is 1. The monoisotopic (exact) mass is 284 g/mol. The van der Waals surface area contributed by atoms with Gasteiger partial charge >= 0.3 is 0 Å². The minimum Gasteiger partial charge on any atom is -0.494 e. The third-order valence-corrected chi connectivity index (χ3v) is 4.12. The molecule has 0 saturated heterocycles. The lowest BCUT2D eigenvalue weighted by Crippen LogP contribution is -1.88. The summed E-state index contributed by atoms with van der Waals surface area (Å²) >= 11 is 1.68. The van der Waals surface area contributed by atoms with Crippen molar-refractivity contribution >= 4 is 23.1 Å². The van der Waals surface area contributed by atoms with Gasteiger partial charge in [-0.15, -0.1) is 11.3 Å². The van der Waals surface area contributed by atoms with Gasteiger partial charge in [-0.05, 0) is 43.0 Å². The van der Waals surface area contributed by atoms with Crippen molar-refractivity contribution in [3.05, 3.63) is 62.9 Å². The normalized spacial score (nSPS) is 16.4. The summed E-state index contributed by atoms with van der Waals surface area (Å²) in [5.74, 6) is 0.806. The fraction of sp³-hybridized carbons (Fsp3) is 0.188. The molecule has 102 valence electrons. The maximum atomic E-state index is 5.44. The van der Waals surface area contributed by atoms with Gasteiger partial charge in [0, 0.05) is 17.5 Å². The quantitative estimate of drug-likeness (QED) is 0.906. The van der Waals surface area contributed by atoms with Crippen LogP contribution in [-0.4, -0.2) is 17.8 Å². The molecule has 0 amide bonds. The summed E-state index contributed by atoms with van der Waals surface area (Å²) in [6, 6.07) is 6.23. The van der Waals surface area contributed by atoms with Gasteiger partial charge < -0.3 is 9.72 Å². The van der Waals surface area contributed by atoms with Crippen LogP contribution in [0.3, 0.4) is 0 Å². The molecule has 0 unspecified atom stereocenters. The molecule has 3 heterocycles. The Morgan fingerprint density at radius 3 is 2.80 bits per heavy atom.